The van der Waals surface area contributed by atoms with Gasteiger partial charge in [-0.3, -0.25) is 10.1 Å². The molecule has 1 rings (SSSR count). The largest absolute Gasteiger partial charge is 0.393 e. The number of thioether (sulfide) groups is 1. The summed E-state index contributed by atoms with van der Waals surface area (Å²) in [6.07, 6.45) is 4.78. The molecule has 0 fully saturated rings. The second-order valence-corrected chi connectivity index (χ2v) is 7.18. The van der Waals surface area contributed by atoms with E-state index in [1.807, 2.05) is 6.26 Å². The number of nitrogens with one attached hydrogen (secondary N) is 1. The van der Waals surface area contributed by atoms with Gasteiger partial charge in [-0.15, -0.1) is 0 Å². The number of nitrogens with two attached hydrogens (primary N) is 1. The summed E-state index contributed by atoms with van der Waals surface area (Å²) in [5, 5.41) is 10.6. The molecule has 9 heteroatoms. The first-order valence-electron chi connectivity index (χ1n) is 6.41. The maximum Gasteiger partial charge on any atom is 0.292 e. The van der Waals surface area contributed by atoms with Gasteiger partial charge in [-0.25, -0.2) is 13.1 Å². The highest BCUT2D eigenvalue weighted by Gasteiger charge is 2.18. The third-order valence-corrected chi connectivity index (χ3v) is 4.98. The fourth-order valence-electron chi connectivity index (χ4n) is 1.70. The van der Waals surface area contributed by atoms with Gasteiger partial charge in [-0.2, -0.15) is 11.8 Å². The zero-order chi connectivity index (χ0) is 15.9. The molecule has 0 aliphatic carbocycles. The van der Waals surface area contributed by atoms with Gasteiger partial charge in [0.25, 0.3) is 5.69 Å². The first kappa shape index (κ1) is 17.7. The van der Waals surface area contributed by atoms with Crippen LogP contribution < -0.4 is 10.5 Å². The van der Waals surface area contributed by atoms with Crippen LogP contribution in [-0.2, 0) is 10.0 Å². The van der Waals surface area contributed by atoms with E-state index in [9.17, 15) is 18.5 Å². The Labute approximate surface area is 128 Å². The monoisotopic (exact) mass is 333 g/mol. The second-order valence-electron chi connectivity index (χ2n) is 4.43. The molecule has 1 aromatic rings. The SMILES string of the molecule is CSCCCCCNS(=O)(=O)c1ccc([N+](=O)[O-])c(N)c1. The van der Waals surface area contributed by atoms with Crippen molar-refractivity contribution in [1.82, 2.24) is 4.72 Å². The van der Waals surface area contributed by atoms with Crippen LogP contribution in [0.25, 0.3) is 0 Å². The van der Waals surface area contributed by atoms with Gasteiger partial charge in [0.15, 0.2) is 0 Å². The molecule has 0 aliphatic rings. The fourth-order valence-corrected chi connectivity index (χ4v) is 3.31. The molecule has 0 radical (unpaired) electrons. The summed E-state index contributed by atoms with van der Waals surface area (Å²) in [4.78, 5) is 9.93. The minimum Gasteiger partial charge on any atom is -0.393 e. The van der Waals surface area contributed by atoms with E-state index in [-0.39, 0.29) is 16.3 Å². The maximum absolute atomic E-state index is 12.0. The first-order valence-corrected chi connectivity index (χ1v) is 9.28. The van der Waals surface area contributed by atoms with Crippen molar-refractivity contribution in [2.75, 3.05) is 24.3 Å². The number of nitro benzene ring substituents is 1. The lowest BCUT2D eigenvalue weighted by atomic mass is 10.2. The lowest BCUT2D eigenvalue weighted by molar-refractivity contribution is -0.383. The topological polar surface area (TPSA) is 115 Å². The van der Waals surface area contributed by atoms with E-state index in [4.69, 9.17) is 5.73 Å². The number of anilines is 1. The van der Waals surface area contributed by atoms with Gasteiger partial charge in [0.05, 0.1) is 9.82 Å². The Bertz CT molecular complexity index is 590. The number of rotatable bonds is 9. The zero-order valence-corrected chi connectivity index (χ0v) is 13.4. The third-order valence-electron chi connectivity index (χ3n) is 2.82. The Hall–Kier alpha value is -1.32. The molecule has 0 heterocycles. The quantitative estimate of drug-likeness (QED) is 0.309. The summed E-state index contributed by atoms with van der Waals surface area (Å²) in [5.74, 6) is 1.06. The number of hydrogen-bond acceptors (Lipinski definition) is 6. The standard InChI is InChI=1S/C12H19N3O4S2/c1-20-8-4-2-3-7-14-21(18,19)10-5-6-12(15(16)17)11(13)9-10/h5-6,9,14H,2-4,7-8,13H2,1H3. The van der Waals surface area contributed by atoms with Crippen molar-refractivity contribution in [2.24, 2.45) is 0 Å². The molecular weight excluding hydrogens is 314 g/mol. The lowest BCUT2D eigenvalue weighted by Crippen LogP contribution is -2.25. The van der Waals surface area contributed by atoms with Gasteiger partial charge >= 0.3 is 0 Å². The highest BCUT2D eigenvalue weighted by molar-refractivity contribution is 7.98. The Kier molecular flexibility index (Phi) is 6.93. The van der Waals surface area contributed by atoms with E-state index >= 15 is 0 Å². The summed E-state index contributed by atoms with van der Waals surface area (Å²) in [6, 6.07) is 3.39. The molecule has 118 valence electrons. The number of nitrogens with zero attached hydrogens (tertiary/aromatic N) is 1. The van der Waals surface area contributed by atoms with E-state index in [2.05, 4.69) is 4.72 Å². The predicted molar refractivity (Wildman–Crippen MR) is 84.9 cm³/mol. The molecule has 0 spiro atoms. The molecule has 0 aliphatic heterocycles. The van der Waals surface area contributed by atoms with E-state index < -0.39 is 14.9 Å². The van der Waals surface area contributed by atoms with E-state index in [0.717, 1.165) is 37.1 Å². The molecule has 0 saturated carbocycles. The van der Waals surface area contributed by atoms with Crippen LogP contribution >= 0.6 is 11.8 Å². The number of nitrogen functional groups attached to an aromatic ring is 1. The number of hydrogen-bond donors (Lipinski definition) is 2. The van der Waals surface area contributed by atoms with Crippen LogP contribution in [0.5, 0.6) is 0 Å². The Morgan fingerprint density at radius 3 is 2.62 bits per heavy atom. The maximum atomic E-state index is 12.0. The average molecular weight is 333 g/mol. The molecule has 0 amide bonds. The van der Waals surface area contributed by atoms with Crippen molar-refractivity contribution in [3.63, 3.8) is 0 Å². The molecule has 0 bridgehead atoms. The predicted octanol–water partition coefficient (Wildman–Crippen LogP) is 1.99. The molecule has 1 aromatic carbocycles. The molecule has 0 aromatic heterocycles. The van der Waals surface area contributed by atoms with Gasteiger partial charge < -0.3 is 5.73 Å². The summed E-state index contributed by atoms with van der Waals surface area (Å²) in [7, 11) is -3.68. The van der Waals surface area contributed by atoms with Crippen LogP contribution in [0, 0.1) is 10.1 Å². The Morgan fingerprint density at radius 1 is 1.33 bits per heavy atom. The van der Waals surface area contributed by atoms with E-state index in [1.54, 1.807) is 11.8 Å². The minimum absolute atomic E-state index is 0.0605. The normalized spacial score (nSPS) is 11.5. The van der Waals surface area contributed by atoms with Crippen LogP contribution in [-0.4, -0.2) is 31.9 Å². The van der Waals surface area contributed by atoms with Crippen LogP contribution in [0.3, 0.4) is 0 Å². The molecule has 3 N–H and O–H groups in total. The second kappa shape index (κ2) is 8.20. The van der Waals surface area contributed by atoms with Gasteiger partial charge in [-0.1, -0.05) is 6.42 Å². The summed E-state index contributed by atoms with van der Waals surface area (Å²) < 4.78 is 26.5. The third kappa shape index (κ3) is 5.52. The van der Waals surface area contributed by atoms with Crippen LogP contribution in [0.2, 0.25) is 0 Å². The number of benzene rings is 1. The molecule has 7 nitrogen and oxygen atoms in total. The van der Waals surface area contributed by atoms with Crippen molar-refractivity contribution in [3.8, 4) is 0 Å². The summed E-state index contributed by atoms with van der Waals surface area (Å²) >= 11 is 1.76. The van der Waals surface area contributed by atoms with E-state index in [0.29, 0.717) is 6.54 Å². The van der Waals surface area contributed by atoms with Crippen molar-refractivity contribution < 1.29 is 13.3 Å². The number of sulfonamides is 1. The number of nitro groups is 1. The van der Waals surface area contributed by atoms with Crippen molar-refractivity contribution in [3.05, 3.63) is 28.3 Å². The molecule has 0 atom stereocenters. The van der Waals surface area contributed by atoms with E-state index in [1.165, 1.54) is 6.07 Å². The Morgan fingerprint density at radius 2 is 2.05 bits per heavy atom. The molecule has 0 unspecified atom stereocenters. The molecule has 21 heavy (non-hydrogen) atoms. The summed E-state index contributed by atoms with van der Waals surface area (Å²) in [6.45, 7) is 0.341. The van der Waals surface area contributed by atoms with Crippen LogP contribution in [0.1, 0.15) is 19.3 Å². The zero-order valence-electron chi connectivity index (χ0n) is 11.7. The molecular formula is C12H19N3O4S2. The smallest absolute Gasteiger partial charge is 0.292 e. The van der Waals surface area contributed by atoms with Crippen LogP contribution in [0.15, 0.2) is 23.1 Å². The van der Waals surface area contributed by atoms with Gasteiger partial charge in [-0.05, 0) is 37.0 Å². The highest BCUT2D eigenvalue weighted by atomic mass is 32.2. The van der Waals surface area contributed by atoms with Gasteiger partial charge in [0.1, 0.15) is 5.69 Å². The average Bonchev–Trinajstić information content (AvgIpc) is 2.42. The first-order chi connectivity index (χ1) is 9.88. The van der Waals surface area contributed by atoms with Crippen molar-refractivity contribution >= 4 is 33.2 Å². The van der Waals surface area contributed by atoms with Crippen molar-refractivity contribution in [1.29, 1.82) is 0 Å². The minimum atomic E-state index is -3.68. The highest BCUT2D eigenvalue weighted by Crippen LogP contribution is 2.24. The number of unbranched alkanes of at least 4 members (excludes halogenated alkanes) is 2. The molecule has 0 saturated heterocycles. The summed E-state index contributed by atoms with van der Waals surface area (Å²) in [5.41, 5.74) is 5.03. The van der Waals surface area contributed by atoms with Crippen LogP contribution in [0.4, 0.5) is 11.4 Å². The van der Waals surface area contributed by atoms with Gasteiger partial charge in [0, 0.05) is 12.6 Å². The van der Waals surface area contributed by atoms with Crippen molar-refractivity contribution in [2.45, 2.75) is 24.2 Å². The van der Waals surface area contributed by atoms with Gasteiger partial charge in [0.2, 0.25) is 10.0 Å². The fraction of sp³-hybridized carbons (Fsp3) is 0.500. The lowest BCUT2D eigenvalue weighted by Gasteiger charge is -2.07. The Balaban J connectivity index is 2.62.